The minimum absolute atomic E-state index is 0.338. The molecule has 1 atom stereocenters. The molecule has 80 valence electrons. The van der Waals surface area contributed by atoms with Gasteiger partial charge in [-0.25, -0.2) is 0 Å². The molecule has 0 amide bonds. The molecule has 1 aromatic rings. The van der Waals surface area contributed by atoms with Crippen LogP contribution in [0.1, 0.15) is 25.3 Å². The molecule has 2 N–H and O–H groups in total. The van der Waals surface area contributed by atoms with E-state index in [1.54, 1.807) is 12.1 Å². The van der Waals surface area contributed by atoms with Crippen molar-refractivity contribution in [3.63, 3.8) is 0 Å². The van der Waals surface area contributed by atoms with Crippen LogP contribution < -0.4 is 0 Å². The highest BCUT2D eigenvalue weighted by atomic mass is 35.5. The lowest BCUT2D eigenvalue weighted by molar-refractivity contribution is 0.244. The molecule has 1 rings (SSSR count). The van der Waals surface area contributed by atoms with E-state index in [0.29, 0.717) is 12.2 Å². The van der Waals surface area contributed by atoms with Gasteiger partial charge >= 0.3 is 0 Å². The fraction of sp³-hybridized carbons (Fsp3) is 0.455. The monoisotopic (exact) mass is 216 g/mol. The van der Waals surface area contributed by atoms with Crippen LogP contribution in [0.3, 0.4) is 0 Å². The molecule has 1 aromatic carbocycles. The first kappa shape index (κ1) is 13.3. The van der Waals surface area contributed by atoms with Gasteiger partial charge in [0.2, 0.25) is 0 Å². The highest BCUT2D eigenvalue weighted by Crippen LogP contribution is 2.08. The summed E-state index contributed by atoms with van der Waals surface area (Å²) >= 11 is 5.13. The number of hydrogen-bond acceptors (Lipinski definition) is 2. The van der Waals surface area contributed by atoms with Gasteiger partial charge < -0.3 is 10.2 Å². The topological polar surface area (TPSA) is 40.5 Å². The molecular weight excluding hydrogens is 200 g/mol. The SMILES string of the molecule is CCCC(O)Cl.Cc1cccc(O)c1. The third-order valence-corrected chi connectivity index (χ3v) is 1.75. The van der Waals surface area contributed by atoms with Crippen molar-refractivity contribution in [2.75, 3.05) is 0 Å². The Hall–Kier alpha value is -0.730. The second-order valence-corrected chi connectivity index (χ2v) is 3.57. The van der Waals surface area contributed by atoms with Crippen molar-refractivity contribution in [2.45, 2.75) is 32.3 Å². The molecule has 2 nitrogen and oxygen atoms in total. The average molecular weight is 217 g/mol. The average Bonchev–Trinajstić information content (AvgIpc) is 2.03. The maximum atomic E-state index is 8.81. The molecule has 0 saturated carbocycles. The number of hydrogen-bond donors (Lipinski definition) is 2. The lowest BCUT2D eigenvalue weighted by atomic mass is 10.2. The second-order valence-electron chi connectivity index (χ2n) is 3.06. The first-order valence-electron chi connectivity index (χ1n) is 4.64. The van der Waals surface area contributed by atoms with Crippen molar-refractivity contribution in [1.29, 1.82) is 0 Å². The number of aliphatic hydroxyl groups excluding tert-OH is 1. The standard InChI is InChI=1S/C7H8O.C4H9ClO/c1-6-3-2-4-7(8)5-6;1-2-3-4(5)6/h2-5,8H,1H3;4,6H,2-3H2,1H3. The molecule has 14 heavy (non-hydrogen) atoms. The molecule has 0 fully saturated rings. The van der Waals surface area contributed by atoms with E-state index in [4.69, 9.17) is 21.8 Å². The van der Waals surface area contributed by atoms with Crippen LogP contribution >= 0.6 is 11.6 Å². The normalized spacial score (nSPS) is 11.4. The second kappa shape index (κ2) is 7.65. The zero-order valence-electron chi connectivity index (χ0n) is 8.57. The summed E-state index contributed by atoms with van der Waals surface area (Å²) in [6, 6.07) is 7.15. The Morgan fingerprint density at radius 1 is 1.43 bits per heavy atom. The molecule has 0 heterocycles. The van der Waals surface area contributed by atoms with Crippen LogP contribution in [0.2, 0.25) is 0 Å². The Labute approximate surface area is 90.2 Å². The molecule has 0 bridgehead atoms. The summed E-state index contributed by atoms with van der Waals surface area (Å²) in [5.74, 6) is 0.338. The summed E-state index contributed by atoms with van der Waals surface area (Å²) in [6.45, 7) is 3.92. The van der Waals surface area contributed by atoms with E-state index in [1.165, 1.54) is 0 Å². The van der Waals surface area contributed by atoms with Crippen molar-refractivity contribution in [2.24, 2.45) is 0 Å². The quantitative estimate of drug-likeness (QED) is 0.746. The molecule has 0 spiro atoms. The molecule has 3 heteroatoms. The minimum atomic E-state index is -0.630. The van der Waals surface area contributed by atoms with Gasteiger partial charge in [0.15, 0.2) is 0 Å². The van der Waals surface area contributed by atoms with Gasteiger partial charge in [-0.2, -0.15) is 0 Å². The zero-order valence-corrected chi connectivity index (χ0v) is 9.33. The number of alkyl halides is 1. The smallest absolute Gasteiger partial charge is 0.128 e. The number of rotatable bonds is 2. The molecule has 0 saturated heterocycles. The van der Waals surface area contributed by atoms with Gasteiger partial charge in [-0.1, -0.05) is 37.1 Å². The number of halogens is 1. The number of aryl methyl sites for hydroxylation is 1. The highest BCUT2D eigenvalue weighted by Gasteiger charge is 1.90. The summed E-state index contributed by atoms with van der Waals surface area (Å²) < 4.78 is 0. The van der Waals surface area contributed by atoms with E-state index in [1.807, 2.05) is 26.0 Å². The van der Waals surface area contributed by atoms with Crippen LogP contribution in [0.15, 0.2) is 24.3 Å². The lowest BCUT2D eigenvalue weighted by Gasteiger charge is -1.92. The van der Waals surface area contributed by atoms with Gasteiger partial charge in [0.25, 0.3) is 0 Å². The van der Waals surface area contributed by atoms with Gasteiger partial charge in [-0.05, 0) is 31.0 Å². The summed E-state index contributed by atoms with van der Waals surface area (Å²) in [5.41, 5.74) is 0.458. The van der Waals surface area contributed by atoms with Gasteiger partial charge in [0.05, 0.1) is 0 Å². The minimum Gasteiger partial charge on any atom is -0.508 e. The van der Waals surface area contributed by atoms with E-state index in [9.17, 15) is 0 Å². The summed E-state index contributed by atoms with van der Waals surface area (Å²) in [7, 11) is 0. The van der Waals surface area contributed by atoms with Gasteiger partial charge in [0.1, 0.15) is 11.3 Å². The molecule has 0 aromatic heterocycles. The van der Waals surface area contributed by atoms with Gasteiger partial charge in [-0.3, -0.25) is 0 Å². The fourth-order valence-corrected chi connectivity index (χ4v) is 1.08. The van der Waals surface area contributed by atoms with Crippen molar-refractivity contribution in [1.82, 2.24) is 0 Å². The Balaban J connectivity index is 0.000000255. The maximum absolute atomic E-state index is 8.81. The highest BCUT2D eigenvalue weighted by molar-refractivity contribution is 6.19. The van der Waals surface area contributed by atoms with Crippen LogP contribution in [0, 0.1) is 6.92 Å². The number of aromatic hydroxyl groups is 1. The Morgan fingerprint density at radius 3 is 2.29 bits per heavy atom. The molecule has 0 aliphatic heterocycles. The number of phenolic OH excluding ortho intramolecular Hbond substituents is 1. The lowest BCUT2D eigenvalue weighted by Crippen LogP contribution is -1.91. The van der Waals surface area contributed by atoms with Crippen molar-refractivity contribution in [3.05, 3.63) is 29.8 Å². The predicted octanol–water partition coefficient (Wildman–Crippen LogP) is 3.04. The van der Waals surface area contributed by atoms with Crippen LogP contribution in [-0.2, 0) is 0 Å². The summed E-state index contributed by atoms with van der Waals surface area (Å²) in [5, 5.41) is 17.1. The third kappa shape index (κ3) is 7.90. The van der Waals surface area contributed by atoms with Crippen LogP contribution in [0.4, 0.5) is 0 Å². The van der Waals surface area contributed by atoms with Crippen LogP contribution in [0.25, 0.3) is 0 Å². The zero-order chi connectivity index (χ0) is 11.0. The molecule has 1 unspecified atom stereocenters. The fourth-order valence-electron chi connectivity index (χ4n) is 0.866. The first-order chi connectivity index (χ1) is 6.56. The van der Waals surface area contributed by atoms with Gasteiger partial charge in [0, 0.05) is 0 Å². The van der Waals surface area contributed by atoms with Crippen molar-refractivity contribution < 1.29 is 10.2 Å². The van der Waals surface area contributed by atoms with E-state index in [0.717, 1.165) is 12.0 Å². The number of phenols is 1. The van der Waals surface area contributed by atoms with Crippen LogP contribution in [-0.4, -0.2) is 15.8 Å². The van der Waals surface area contributed by atoms with Crippen molar-refractivity contribution >= 4 is 11.6 Å². The molecule has 0 radical (unpaired) electrons. The number of aliphatic hydroxyl groups is 1. The maximum Gasteiger partial charge on any atom is 0.128 e. The molecule has 0 aliphatic rings. The van der Waals surface area contributed by atoms with Crippen LogP contribution in [0.5, 0.6) is 5.75 Å². The summed E-state index contributed by atoms with van der Waals surface area (Å²) in [6.07, 6.45) is 1.65. The third-order valence-electron chi connectivity index (χ3n) is 1.53. The van der Waals surface area contributed by atoms with E-state index in [-0.39, 0.29) is 0 Å². The Kier molecular flexibility index (Phi) is 7.25. The molecule has 0 aliphatic carbocycles. The van der Waals surface area contributed by atoms with Gasteiger partial charge in [-0.15, -0.1) is 0 Å². The first-order valence-corrected chi connectivity index (χ1v) is 5.07. The summed E-state index contributed by atoms with van der Waals surface area (Å²) in [4.78, 5) is 0. The largest absolute Gasteiger partial charge is 0.508 e. The van der Waals surface area contributed by atoms with E-state index < -0.39 is 5.56 Å². The Bertz CT molecular complexity index is 232. The number of benzene rings is 1. The molecular formula is C11H17ClO2. The van der Waals surface area contributed by atoms with Crippen molar-refractivity contribution in [3.8, 4) is 5.75 Å². The Morgan fingerprint density at radius 2 is 2.07 bits per heavy atom. The van der Waals surface area contributed by atoms with E-state index >= 15 is 0 Å². The predicted molar refractivity (Wildman–Crippen MR) is 59.6 cm³/mol. The van der Waals surface area contributed by atoms with E-state index in [2.05, 4.69) is 0 Å².